The minimum atomic E-state index is -0.531. The quantitative estimate of drug-likeness (QED) is 0.227. The van der Waals surface area contributed by atoms with Crippen LogP contribution in [0.4, 0.5) is 0 Å². The first-order valence-corrected chi connectivity index (χ1v) is 14.0. The van der Waals surface area contributed by atoms with E-state index in [-0.39, 0.29) is 18.1 Å². The predicted octanol–water partition coefficient (Wildman–Crippen LogP) is 5.66. The summed E-state index contributed by atoms with van der Waals surface area (Å²) in [5.74, 6) is 1.48. The van der Waals surface area contributed by atoms with Gasteiger partial charge in [-0.05, 0) is 92.4 Å². The van der Waals surface area contributed by atoms with Gasteiger partial charge in [-0.2, -0.15) is 9.78 Å². The molecule has 0 fully saturated rings. The Morgan fingerprint density at radius 1 is 1.05 bits per heavy atom. The number of amides is 1. The molecule has 43 heavy (non-hydrogen) atoms. The fourth-order valence-electron chi connectivity index (χ4n) is 5.25. The molecule has 0 bridgehead atoms. The Kier molecular flexibility index (Phi) is 8.16. The summed E-state index contributed by atoms with van der Waals surface area (Å²) in [7, 11) is 1.66. The number of primary amides is 1. The number of carbonyl (C=O) groups excluding carboxylic acids is 1. The number of aryl methyl sites for hydroxylation is 2. The normalized spacial score (nSPS) is 11.5. The molecule has 9 nitrogen and oxygen atoms in total. The molecule has 0 saturated heterocycles. The molecule has 0 spiro atoms. The average Bonchev–Trinajstić information content (AvgIpc) is 3.27. The van der Waals surface area contributed by atoms with Crippen molar-refractivity contribution in [2.24, 2.45) is 10.8 Å². The second kappa shape index (κ2) is 12.0. The molecule has 1 amide bonds. The van der Waals surface area contributed by atoms with Gasteiger partial charge in [0.05, 0.1) is 24.2 Å². The molecule has 5 aromatic rings. The van der Waals surface area contributed by atoms with E-state index in [0.717, 1.165) is 45.1 Å². The first-order chi connectivity index (χ1) is 20.6. The summed E-state index contributed by atoms with van der Waals surface area (Å²) in [5, 5.41) is 5.22. The summed E-state index contributed by atoms with van der Waals surface area (Å²) in [6, 6.07) is 20.8. The number of nitrogens with two attached hydrogens (primary N) is 1. The molecule has 0 aliphatic rings. The molecule has 220 valence electrons. The van der Waals surface area contributed by atoms with Crippen LogP contribution in [0.15, 0.2) is 76.6 Å². The van der Waals surface area contributed by atoms with Gasteiger partial charge in [0.2, 0.25) is 0 Å². The largest absolute Gasteiger partial charge is 0.496 e. The number of rotatable bonds is 9. The first-order valence-electron chi connectivity index (χ1n) is 14.0. The lowest BCUT2D eigenvalue weighted by Crippen LogP contribution is -2.21. The van der Waals surface area contributed by atoms with Crippen molar-refractivity contribution in [3.63, 3.8) is 0 Å². The van der Waals surface area contributed by atoms with Crippen LogP contribution in [0.1, 0.15) is 47.8 Å². The van der Waals surface area contributed by atoms with Crippen LogP contribution < -0.4 is 20.8 Å². The van der Waals surface area contributed by atoms with Crippen LogP contribution in [-0.2, 0) is 4.79 Å². The molecular weight excluding hydrogens is 542 g/mol. The van der Waals surface area contributed by atoms with E-state index in [1.54, 1.807) is 31.5 Å². The molecule has 0 aliphatic carbocycles. The van der Waals surface area contributed by atoms with Gasteiger partial charge in [-0.3, -0.25) is 9.59 Å². The highest BCUT2D eigenvalue weighted by molar-refractivity contribution is 5.84. The predicted molar refractivity (Wildman–Crippen MR) is 170 cm³/mol. The van der Waals surface area contributed by atoms with Gasteiger partial charge in [-0.1, -0.05) is 26.0 Å². The summed E-state index contributed by atoms with van der Waals surface area (Å²) in [5.41, 5.74) is 12.0. The van der Waals surface area contributed by atoms with Gasteiger partial charge in [0, 0.05) is 28.2 Å². The number of benzene rings is 3. The van der Waals surface area contributed by atoms with E-state index in [1.807, 2.05) is 69.3 Å². The van der Waals surface area contributed by atoms with Crippen LogP contribution in [0, 0.1) is 20.8 Å². The second-order valence-corrected chi connectivity index (χ2v) is 10.8. The van der Waals surface area contributed by atoms with Crippen molar-refractivity contribution >= 4 is 23.0 Å². The zero-order chi connectivity index (χ0) is 30.8. The highest BCUT2D eigenvalue weighted by Gasteiger charge is 2.19. The summed E-state index contributed by atoms with van der Waals surface area (Å²) < 4.78 is 14.5. The molecule has 0 saturated carbocycles. The van der Waals surface area contributed by atoms with E-state index in [0.29, 0.717) is 22.5 Å². The van der Waals surface area contributed by atoms with Crippen molar-refractivity contribution < 1.29 is 14.3 Å². The van der Waals surface area contributed by atoms with Crippen LogP contribution in [0.3, 0.4) is 0 Å². The summed E-state index contributed by atoms with van der Waals surface area (Å²) in [6.07, 6.45) is 1.70. The van der Waals surface area contributed by atoms with E-state index < -0.39 is 5.91 Å². The summed E-state index contributed by atoms with van der Waals surface area (Å²) >= 11 is 0. The zero-order valence-electron chi connectivity index (χ0n) is 25.2. The monoisotopic (exact) mass is 577 g/mol. The van der Waals surface area contributed by atoms with Gasteiger partial charge in [-0.15, -0.1) is 0 Å². The van der Waals surface area contributed by atoms with Crippen LogP contribution >= 0.6 is 0 Å². The number of para-hydroxylation sites is 1. The highest BCUT2D eigenvalue weighted by atomic mass is 16.5. The molecule has 5 rings (SSSR count). The SMILES string of the molecule is COc1cc(C)c(-c2nc3ccccc3c(=O)n2N=Cc2cc(C)n(-c3ccc(OCC(N)=O)cc3)c2C)cc1C(C)C. The van der Waals surface area contributed by atoms with Gasteiger partial charge in [0.25, 0.3) is 11.5 Å². The van der Waals surface area contributed by atoms with Gasteiger partial charge >= 0.3 is 0 Å². The van der Waals surface area contributed by atoms with Crippen molar-refractivity contribution in [3.8, 4) is 28.6 Å². The van der Waals surface area contributed by atoms with Gasteiger partial charge in [0.1, 0.15) is 11.5 Å². The van der Waals surface area contributed by atoms with Crippen LogP contribution in [-0.4, -0.2) is 40.1 Å². The van der Waals surface area contributed by atoms with Gasteiger partial charge in [-0.25, -0.2) is 4.98 Å². The number of carbonyl (C=O) groups is 1. The molecular formula is C34H35N5O4. The Labute approximate surface area is 250 Å². The fraction of sp³-hybridized carbons (Fsp3) is 0.235. The highest BCUT2D eigenvalue weighted by Crippen LogP contribution is 2.34. The van der Waals surface area contributed by atoms with E-state index in [9.17, 15) is 9.59 Å². The molecule has 0 unspecified atom stereocenters. The number of hydrogen-bond donors (Lipinski definition) is 1. The first kappa shape index (κ1) is 29.3. The van der Waals surface area contributed by atoms with Gasteiger partial charge < -0.3 is 19.8 Å². The van der Waals surface area contributed by atoms with Crippen molar-refractivity contribution in [1.29, 1.82) is 0 Å². The minimum Gasteiger partial charge on any atom is -0.496 e. The van der Waals surface area contributed by atoms with Crippen LogP contribution in [0.25, 0.3) is 28.0 Å². The Morgan fingerprint density at radius 3 is 2.44 bits per heavy atom. The minimum absolute atomic E-state index is 0.179. The van der Waals surface area contributed by atoms with E-state index in [1.165, 1.54) is 4.68 Å². The van der Waals surface area contributed by atoms with Crippen LogP contribution in [0.2, 0.25) is 0 Å². The number of nitrogens with zero attached hydrogens (tertiary/aromatic N) is 4. The number of ether oxygens (including phenoxy) is 2. The lowest BCUT2D eigenvalue weighted by molar-refractivity contribution is -0.119. The molecule has 0 atom stereocenters. The fourth-order valence-corrected chi connectivity index (χ4v) is 5.25. The molecule has 9 heteroatoms. The van der Waals surface area contributed by atoms with E-state index in [2.05, 4.69) is 18.4 Å². The van der Waals surface area contributed by atoms with Crippen molar-refractivity contribution in [3.05, 3.63) is 105 Å². The van der Waals surface area contributed by atoms with E-state index >= 15 is 0 Å². The smallest absolute Gasteiger partial charge is 0.282 e. The van der Waals surface area contributed by atoms with E-state index in [4.69, 9.17) is 25.3 Å². The Bertz CT molecular complexity index is 1920. The molecule has 2 N–H and O–H groups in total. The van der Waals surface area contributed by atoms with Crippen LogP contribution in [0.5, 0.6) is 11.5 Å². The van der Waals surface area contributed by atoms with Crippen molar-refractivity contribution in [2.75, 3.05) is 13.7 Å². The second-order valence-electron chi connectivity index (χ2n) is 10.8. The summed E-state index contributed by atoms with van der Waals surface area (Å²) in [4.78, 5) is 29.8. The Morgan fingerprint density at radius 2 is 1.77 bits per heavy atom. The van der Waals surface area contributed by atoms with Gasteiger partial charge in [0.15, 0.2) is 12.4 Å². The Balaban J connectivity index is 1.61. The number of aromatic nitrogens is 3. The third-order valence-electron chi connectivity index (χ3n) is 7.45. The third kappa shape index (κ3) is 5.79. The average molecular weight is 578 g/mol. The topological polar surface area (TPSA) is 114 Å². The number of fused-ring (bicyclic) bond motifs is 1. The Hall–Kier alpha value is -5.18. The zero-order valence-corrected chi connectivity index (χ0v) is 25.2. The molecule has 0 aliphatic heterocycles. The van der Waals surface area contributed by atoms with Crippen molar-refractivity contribution in [1.82, 2.24) is 14.2 Å². The maximum absolute atomic E-state index is 13.8. The van der Waals surface area contributed by atoms with Crippen molar-refractivity contribution in [2.45, 2.75) is 40.5 Å². The maximum atomic E-state index is 13.8. The molecule has 3 aromatic carbocycles. The lowest BCUT2D eigenvalue weighted by atomic mass is 9.96. The standard InChI is InChI=1S/C34H35N5O4/c1-20(2)28-17-29(21(3)15-31(28)42-6)33-37-30-10-8-7-9-27(30)34(41)39(33)36-18-24-16-22(4)38(23(24)5)25-11-13-26(14-12-25)43-19-32(35)40/h7-18,20H,19H2,1-6H3,(H2,35,40). The number of methoxy groups -OCH3 is 1. The lowest BCUT2D eigenvalue weighted by Gasteiger charge is -2.17. The molecule has 2 aromatic heterocycles. The summed E-state index contributed by atoms with van der Waals surface area (Å²) in [6.45, 7) is 10.0. The molecule has 0 radical (unpaired) electrons. The number of hydrogen-bond acceptors (Lipinski definition) is 6. The molecule has 2 heterocycles. The third-order valence-corrected chi connectivity index (χ3v) is 7.45. The maximum Gasteiger partial charge on any atom is 0.282 e.